The first-order chi connectivity index (χ1) is 10.8. The Labute approximate surface area is 137 Å². The van der Waals surface area contributed by atoms with Gasteiger partial charge in [0.05, 0.1) is 0 Å². The number of unbranched alkanes of at least 4 members (excludes halogenated alkanes) is 2. The number of hydrogen-bond acceptors (Lipinski definition) is 4. The lowest BCUT2D eigenvalue weighted by Gasteiger charge is -2.22. The summed E-state index contributed by atoms with van der Waals surface area (Å²) < 4.78 is 5.15. The zero-order valence-electron chi connectivity index (χ0n) is 14.2. The molecule has 130 valence electrons. The third-order valence-electron chi connectivity index (χ3n) is 2.70. The molecule has 0 bridgehead atoms. The standard InChI is InChI=1S/C15H27N5O3/c1-5-9-12(23-14(22)19-15(2,3)4)13(21)17-10-7-6-8-11-18-20-16/h5,12H,1,6-11H2,2-4H3,(H,17,21)(H,19,22)/t12-/m0/s1. The Balaban J connectivity index is 4.16. The Morgan fingerprint density at radius 3 is 2.61 bits per heavy atom. The molecule has 23 heavy (non-hydrogen) atoms. The van der Waals surface area contributed by atoms with Crippen LogP contribution in [0.25, 0.3) is 10.4 Å². The summed E-state index contributed by atoms with van der Waals surface area (Å²) in [4.78, 5) is 26.4. The van der Waals surface area contributed by atoms with Gasteiger partial charge in [0.15, 0.2) is 6.10 Å². The van der Waals surface area contributed by atoms with Crippen LogP contribution in [0.4, 0.5) is 4.79 Å². The first-order valence-corrected chi connectivity index (χ1v) is 7.68. The van der Waals surface area contributed by atoms with Crippen LogP contribution in [0.5, 0.6) is 0 Å². The molecule has 1 atom stereocenters. The lowest BCUT2D eigenvalue weighted by Crippen LogP contribution is -2.45. The highest BCUT2D eigenvalue weighted by Crippen LogP contribution is 2.05. The number of nitrogens with one attached hydrogen (secondary N) is 2. The van der Waals surface area contributed by atoms with Crippen LogP contribution in [-0.2, 0) is 9.53 Å². The molecule has 0 aliphatic carbocycles. The molecule has 0 radical (unpaired) electrons. The van der Waals surface area contributed by atoms with Gasteiger partial charge in [-0.25, -0.2) is 4.79 Å². The smallest absolute Gasteiger partial charge is 0.408 e. The highest BCUT2D eigenvalue weighted by Gasteiger charge is 2.23. The summed E-state index contributed by atoms with van der Waals surface area (Å²) in [5, 5.41) is 8.81. The summed E-state index contributed by atoms with van der Waals surface area (Å²) >= 11 is 0. The molecule has 0 unspecified atom stereocenters. The number of amides is 2. The molecule has 0 saturated heterocycles. The van der Waals surface area contributed by atoms with Crippen molar-refractivity contribution in [1.29, 1.82) is 0 Å². The fraction of sp³-hybridized carbons (Fsp3) is 0.733. The quantitative estimate of drug-likeness (QED) is 0.211. The van der Waals surface area contributed by atoms with Crippen LogP contribution in [-0.4, -0.2) is 36.7 Å². The predicted molar refractivity (Wildman–Crippen MR) is 88.8 cm³/mol. The molecule has 0 rings (SSSR count). The Kier molecular flexibility index (Phi) is 10.3. The Morgan fingerprint density at radius 2 is 2.04 bits per heavy atom. The van der Waals surface area contributed by atoms with E-state index < -0.39 is 17.7 Å². The third-order valence-corrected chi connectivity index (χ3v) is 2.70. The number of carbonyl (C=O) groups is 2. The normalized spacial score (nSPS) is 11.8. The molecular formula is C15H27N5O3. The van der Waals surface area contributed by atoms with Gasteiger partial charge in [0.1, 0.15) is 0 Å². The molecule has 0 aromatic carbocycles. The second kappa shape index (κ2) is 11.4. The molecule has 8 nitrogen and oxygen atoms in total. The van der Waals surface area contributed by atoms with Gasteiger partial charge in [-0.3, -0.25) is 4.79 Å². The van der Waals surface area contributed by atoms with Crippen molar-refractivity contribution in [2.75, 3.05) is 13.1 Å². The molecule has 0 spiro atoms. The fourth-order valence-electron chi connectivity index (χ4n) is 1.68. The van der Waals surface area contributed by atoms with E-state index in [0.29, 0.717) is 13.1 Å². The van der Waals surface area contributed by atoms with Crippen molar-refractivity contribution in [3.05, 3.63) is 23.1 Å². The van der Waals surface area contributed by atoms with Crippen LogP contribution < -0.4 is 10.6 Å². The monoisotopic (exact) mass is 325 g/mol. The number of ether oxygens (including phenoxy) is 1. The number of azide groups is 1. The Bertz CT molecular complexity index is 439. The van der Waals surface area contributed by atoms with Gasteiger partial charge in [0, 0.05) is 30.0 Å². The summed E-state index contributed by atoms with van der Waals surface area (Å²) in [5.74, 6) is -0.344. The van der Waals surface area contributed by atoms with Gasteiger partial charge in [-0.2, -0.15) is 0 Å². The van der Waals surface area contributed by atoms with E-state index >= 15 is 0 Å². The Morgan fingerprint density at radius 1 is 1.35 bits per heavy atom. The minimum atomic E-state index is -0.891. The van der Waals surface area contributed by atoms with Crippen molar-refractivity contribution in [3.63, 3.8) is 0 Å². The van der Waals surface area contributed by atoms with Gasteiger partial charge in [0.2, 0.25) is 0 Å². The van der Waals surface area contributed by atoms with Gasteiger partial charge in [-0.1, -0.05) is 17.6 Å². The van der Waals surface area contributed by atoms with E-state index in [1.165, 1.54) is 6.08 Å². The zero-order valence-corrected chi connectivity index (χ0v) is 14.2. The summed E-state index contributed by atoms with van der Waals surface area (Å²) in [6.45, 7) is 9.99. The number of hydrogen-bond donors (Lipinski definition) is 2. The highest BCUT2D eigenvalue weighted by molar-refractivity contribution is 5.83. The fourth-order valence-corrected chi connectivity index (χ4v) is 1.68. The first-order valence-electron chi connectivity index (χ1n) is 7.68. The van der Waals surface area contributed by atoms with Gasteiger partial charge in [-0.15, -0.1) is 6.58 Å². The van der Waals surface area contributed by atoms with Crippen LogP contribution in [0, 0.1) is 0 Å². The molecule has 0 aliphatic heterocycles. The zero-order chi connectivity index (χ0) is 17.7. The molecule has 0 aromatic rings. The van der Waals surface area contributed by atoms with Crippen LogP contribution in [0.2, 0.25) is 0 Å². The molecular weight excluding hydrogens is 298 g/mol. The van der Waals surface area contributed by atoms with Crippen LogP contribution in [0.15, 0.2) is 17.8 Å². The van der Waals surface area contributed by atoms with Crippen molar-refractivity contribution in [1.82, 2.24) is 10.6 Å². The average molecular weight is 325 g/mol. The number of nitrogens with zero attached hydrogens (tertiary/aromatic N) is 3. The number of carbonyl (C=O) groups excluding carboxylic acids is 2. The predicted octanol–water partition coefficient (Wildman–Crippen LogP) is 3.05. The van der Waals surface area contributed by atoms with E-state index in [-0.39, 0.29) is 12.3 Å². The van der Waals surface area contributed by atoms with Gasteiger partial charge in [-0.05, 0) is 39.1 Å². The number of alkyl carbamates (subject to hydrolysis) is 1. The molecule has 0 saturated carbocycles. The molecule has 2 amide bonds. The first kappa shape index (κ1) is 20.8. The summed E-state index contributed by atoms with van der Waals surface area (Å²) in [5.41, 5.74) is 7.71. The topological polar surface area (TPSA) is 116 Å². The van der Waals surface area contributed by atoms with Crippen LogP contribution >= 0.6 is 0 Å². The van der Waals surface area contributed by atoms with Crippen LogP contribution in [0.3, 0.4) is 0 Å². The Hall–Kier alpha value is -2.21. The van der Waals surface area contributed by atoms with Crippen molar-refractivity contribution in [2.45, 2.75) is 58.1 Å². The molecule has 0 aliphatic rings. The summed E-state index contributed by atoms with van der Waals surface area (Å²) in [6, 6.07) is 0. The molecule has 0 fully saturated rings. The molecule has 8 heteroatoms. The van der Waals surface area contributed by atoms with Crippen molar-refractivity contribution >= 4 is 12.0 Å². The van der Waals surface area contributed by atoms with E-state index in [9.17, 15) is 9.59 Å². The summed E-state index contributed by atoms with van der Waals surface area (Å²) in [7, 11) is 0. The second-order valence-corrected chi connectivity index (χ2v) is 6.10. The van der Waals surface area contributed by atoms with Gasteiger partial charge < -0.3 is 15.4 Å². The maximum Gasteiger partial charge on any atom is 0.408 e. The van der Waals surface area contributed by atoms with Crippen molar-refractivity contribution in [3.8, 4) is 0 Å². The van der Waals surface area contributed by atoms with Crippen molar-refractivity contribution < 1.29 is 14.3 Å². The maximum absolute atomic E-state index is 12.0. The highest BCUT2D eigenvalue weighted by atomic mass is 16.6. The molecule has 2 N–H and O–H groups in total. The second-order valence-electron chi connectivity index (χ2n) is 6.10. The molecule has 0 aromatic heterocycles. The SMILES string of the molecule is C=CC[C@H](OC(=O)NC(C)(C)C)C(=O)NCCCCCN=[N+]=[N-]. The van der Waals surface area contributed by atoms with E-state index in [1.54, 1.807) is 0 Å². The lowest BCUT2D eigenvalue weighted by molar-refractivity contribution is -0.129. The summed E-state index contributed by atoms with van der Waals surface area (Å²) in [6.07, 6.45) is 2.65. The lowest BCUT2D eigenvalue weighted by atomic mass is 10.1. The minimum absolute atomic E-state index is 0.250. The van der Waals surface area contributed by atoms with E-state index in [1.807, 2.05) is 20.8 Å². The molecule has 0 heterocycles. The minimum Gasteiger partial charge on any atom is -0.436 e. The van der Waals surface area contributed by atoms with E-state index in [4.69, 9.17) is 10.3 Å². The largest absolute Gasteiger partial charge is 0.436 e. The van der Waals surface area contributed by atoms with Gasteiger partial charge in [0.25, 0.3) is 5.91 Å². The van der Waals surface area contributed by atoms with E-state index in [2.05, 4.69) is 27.2 Å². The third kappa shape index (κ3) is 12.1. The van der Waals surface area contributed by atoms with Crippen molar-refractivity contribution in [2.24, 2.45) is 5.11 Å². The number of rotatable bonds is 10. The van der Waals surface area contributed by atoms with Gasteiger partial charge >= 0.3 is 6.09 Å². The average Bonchev–Trinajstić information content (AvgIpc) is 2.43. The van der Waals surface area contributed by atoms with Crippen LogP contribution in [0.1, 0.15) is 46.5 Å². The van der Waals surface area contributed by atoms with E-state index in [0.717, 1.165) is 19.3 Å². The maximum atomic E-state index is 12.0.